The predicted molar refractivity (Wildman–Crippen MR) is 121 cm³/mol. The topological polar surface area (TPSA) is 85.7 Å². The molecular weight excluding hydrogens is 419 g/mol. The molecule has 0 aliphatic carbocycles. The standard InChI is InChI=1S/C22H25FN4O3S/c1-14-9-16(27-31(2)28)11-19-21(14)22(25-13-24-19)26-18-7-6-15(23)10-20(18)30-12-17-5-3-4-8-29-17/h6-7,9-11,13,17,31H,3-5,8,12H2,1-2H3,(H,24,25,26). The van der Waals surface area contributed by atoms with Crippen LogP contribution < -0.4 is 10.1 Å². The van der Waals surface area contributed by atoms with Crippen molar-refractivity contribution in [1.29, 1.82) is 0 Å². The van der Waals surface area contributed by atoms with E-state index >= 15 is 0 Å². The first-order valence-corrected chi connectivity index (χ1v) is 11.8. The van der Waals surface area contributed by atoms with E-state index in [0.29, 0.717) is 35.1 Å². The molecule has 0 radical (unpaired) electrons. The lowest BCUT2D eigenvalue weighted by Crippen LogP contribution is -2.26. The molecule has 2 aromatic carbocycles. The van der Waals surface area contributed by atoms with E-state index in [4.69, 9.17) is 9.47 Å². The molecule has 2 unspecified atom stereocenters. The number of nitrogens with one attached hydrogen (secondary N) is 1. The van der Waals surface area contributed by atoms with Crippen LogP contribution in [0.25, 0.3) is 10.9 Å². The molecule has 9 heteroatoms. The van der Waals surface area contributed by atoms with Crippen LogP contribution in [0.4, 0.5) is 21.6 Å². The second-order valence-corrected chi connectivity index (χ2v) is 8.64. The summed E-state index contributed by atoms with van der Waals surface area (Å²) < 4.78 is 41.2. The zero-order valence-corrected chi connectivity index (χ0v) is 18.4. The first-order chi connectivity index (χ1) is 15.0. The summed E-state index contributed by atoms with van der Waals surface area (Å²) in [7, 11) is -1.66. The van der Waals surface area contributed by atoms with Crippen LogP contribution in [0.15, 0.2) is 41.0 Å². The molecular formula is C22H25FN4O3S. The SMILES string of the molecule is Cc1cc(/N=[SH](/C)=O)cc2ncnc(Nc3ccc(F)cc3OCC3CCCCO3)c12. The van der Waals surface area contributed by atoms with Gasteiger partial charge < -0.3 is 14.8 Å². The van der Waals surface area contributed by atoms with Gasteiger partial charge in [-0.1, -0.05) is 0 Å². The zero-order chi connectivity index (χ0) is 21.8. The third kappa shape index (κ3) is 5.29. The summed E-state index contributed by atoms with van der Waals surface area (Å²) in [4.78, 5) is 8.72. The molecule has 0 amide bonds. The van der Waals surface area contributed by atoms with Gasteiger partial charge in [0.15, 0.2) is 0 Å². The van der Waals surface area contributed by atoms with Crippen LogP contribution in [0.1, 0.15) is 24.8 Å². The van der Waals surface area contributed by atoms with Gasteiger partial charge in [0, 0.05) is 34.9 Å². The number of halogens is 1. The summed E-state index contributed by atoms with van der Waals surface area (Å²) in [6, 6.07) is 7.97. The minimum absolute atomic E-state index is 0.0132. The van der Waals surface area contributed by atoms with E-state index in [9.17, 15) is 8.60 Å². The van der Waals surface area contributed by atoms with Gasteiger partial charge in [-0.2, -0.15) is 0 Å². The van der Waals surface area contributed by atoms with Crippen molar-refractivity contribution in [2.24, 2.45) is 4.36 Å². The highest BCUT2D eigenvalue weighted by Gasteiger charge is 2.17. The molecule has 1 N–H and O–H groups in total. The fraction of sp³-hybridized carbons (Fsp3) is 0.364. The van der Waals surface area contributed by atoms with Gasteiger partial charge in [-0.25, -0.2) is 18.7 Å². The van der Waals surface area contributed by atoms with Crippen LogP contribution >= 0.6 is 0 Å². The van der Waals surface area contributed by atoms with Crippen LogP contribution in [0.5, 0.6) is 5.75 Å². The Morgan fingerprint density at radius 3 is 2.94 bits per heavy atom. The van der Waals surface area contributed by atoms with E-state index in [1.54, 1.807) is 18.4 Å². The van der Waals surface area contributed by atoms with Crippen molar-refractivity contribution in [2.75, 3.05) is 24.8 Å². The zero-order valence-electron chi connectivity index (χ0n) is 17.5. The number of nitrogens with zero attached hydrogens (tertiary/aromatic N) is 3. The Balaban J connectivity index is 1.64. The van der Waals surface area contributed by atoms with Crippen molar-refractivity contribution < 1.29 is 18.1 Å². The largest absolute Gasteiger partial charge is 0.489 e. The van der Waals surface area contributed by atoms with Crippen LogP contribution in [-0.4, -0.2) is 39.8 Å². The molecule has 3 aromatic rings. The number of rotatable bonds is 6. The van der Waals surface area contributed by atoms with Crippen LogP contribution in [0.2, 0.25) is 0 Å². The highest BCUT2D eigenvalue weighted by molar-refractivity contribution is 7.74. The second-order valence-electron chi connectivity index (χ2n) is 7.51. The molecule has 2 atom stereocenters. The van der Waals surface area contributed by atoms with Gasteiger partial charge in [0.25, 0.3) is 0 Å². The minimum Gasteiger partial charge on any atom is -0.489 e. The molecule has 31 heavy (non-hydrogen) atoms. The Kier molecular flexibility index (Phi) is 6.62. The van der Waals surface area contributed by atoms with Gasteiger partial charge in [0.1, 0.15) is 30.3 Å². The van der Waals surface area contributed by atoms with E-state index < -0.39 is 10.6 Å². The minimum atomic E-state index is -1.66. The third-order valence-electron chi connectivity index (χ3n) is 5.07. The predicted octanol–water partition coefficient (Wildman–Crippen LogP) is 4.69. The Bertz CT molecular complexity index is 1170. The van der Waals surface area contributed by atoms with Crippen LogP contribution in [-0.2, 0) is 15.3 Å². The van der Waals surface area contributed by atoms with Gasteiger partial charge in [-0.15, -0.1) is 0 Å². The van der Waals surface area contributed by atoms with Gasteiger partial charge >= 0.3 is 0 Å². The number of aryl methyl sites for hydroxylation is 1. The van der Waals surface area contributed by atoms with Crippen molar-refractivity contribution in [1.82, 2.24) is 9.97 Å². The summed E-state index contributed by atoms with van der Waals surface area (Å²) in [5, 5.41) is 4.06. The number of aromatic nitrogens is 2. The van der Waals surface area contributed by atoms with Crippen molar-refractivity contribution >= 4 is 38.7 Å². The van der Waals surface area contributed by atoms with Crippen molar-refractivity contribution in [2.45, 2.75) is 32.3 Å². The first-order valence-electron chi connectivity index (χ1n) is 10.2. The lowest BCUT2D eigenvalue weighted by molar-refractivity contribution is -0.0109. The fourth-order valence-electron chi connectivity index (χ4n) is 3.66. The average Bonchev–Trinajstić information content (AvgIpc) is 2.74. The molecule has 4 rings (SSSR count). The van der Waals surface area contributed by atoms with E-state index in [2.05, 4.69) is 19.6 Å². The number of thiol groups is 1. The number of hydrogen-bond acceptors (Lipinski definition) is 7. The number of fused-ring (bicyclic) bond motifs is 1. The number of ether oxygens (including phenoxy) is 2. The average molecular weight is 445 g/mol. The normalized spacial score (nSPS) is 17.6. The second kappa shape index (κ2) is 9.57. The van der Waals surface area contributed by atoms with E-state index in [0.717, 1.165) is 36.8 Å². The lowest BCUT2D eigenvalue weighted by Gasteiger charge is -2.23. The molecule has 7 nitrogen and oxygen atoms in total. The van der Waals surface area contributed by atoms with Crippen molar-refractivity contribution in [3.8, 4) is 5.75 Å². The molecule has 1 aliphatic heterocycles. The molecule has 2 heterocycles. The first kappa shape index (κ1) is 21.5. The van der Waals surface area contributed by atoms with Crippen LogP contribution in [0.3, 0.4) is 0 Å². The molecule has 0 bridgehead atoms. The molecule has 0 saturated carbocycles. The number of benzene rings is 2. The summed E-state index contributed by atoms with van der Waals surface area (Å²) in [5.41, 5.74) is 2.77. The van der Waals surface area contributed by atoms with E-state index in [1.165, 1.54) is 18.5 Å². The maximum atomic E-state index is 13.9. The fourth-order valence-corrected chi connectivity index (χ4v) is 4.10. The Morgan fingerprint density at radius 2 is 2.16 bits per heavy atom. The third-order valence-corrected chi connectivity index (χ3v) is 5.58. The molecule has 0 spiro atoms. The number of anilines is 2. The monoisotopic (exact) mass is 444 g/mol. The van der Waals surface area contributed by atoms with Crippen LogP contribution in [0, 0.1) is 12.7 Å². The molecule has 1 saturated heterocycles. The lowest BCUT2D eigenvalue weighted by atomic mass is 10.1. The summed E-state index contributed by atoms with van der Waals surface area (Å²) in [5.74, 6) is 0.585. The van der Waals surface area contributed by atoms with Crippen molar-refractivity contribution in [3.63, 3.8) is 0 Å². The van der Waals surface area contributed by atoms with Gasteiger partial charge in [-0.05, 0) is 56.0 Å². The van der Waals surface area contributed by atoms with E-state index in [-0.39, 0.29) is 11.9 Å². The smallest absolute Gasteiger partial charge is 0.145 e. The highest BCUT2D eigenvalue weighted by atomic mass is 32.2. The molecule has 1 aromatic heterocycles. The highest BCUT2D eigenvalue weighted by Crippen LogP contribution is 2.33. The van der Waals surface area contributed by atoms with Gasteiger partial charge in [-0.3, -0.25) is 4.21 Å². The maximum absolute atomic E-state index is 13.9. The maximum Gasteiger partial charge on any atom is 0.145 e. The van der Waals surface area contributed by atoms with Gasteiger partial charge in [0.05, 0.1) is 23.0 Å². The Hall–Kier alpha value is -2.78. The summed E-state index contributed by atoms with van der Waals surface area (Å²) in [6.45, 7) is 3.01. The van der Waals surface area contributed by atoms with Gasteiger partial charge in [0.2, 0.25) is 0 Å². The number of hydrogen-bond donors (Lipinski definition) is 2. The Morgan fingerprint density at radius 1 is 1.29 bits per heavy atom. The van der Waals surface area contributed by atoms with Crippen molar-refractivity contribution in [3.05, 3.63) is 48.0 Å². The molecule has 1 fully saturated rings. The summed E-state index contributed by atoms with van der Waals surface area (Å²) >= 11 is 0. The Labute approximate surface area is 182 Å². The van der Waals surface area contributed by atoms with E-state index in [1.807, 2.05) is 13.0 Å². The summed E-state index contributed by atoms with van der Waals surface area (Å²) in [6.07, 6.45) is 6.11. The molecule has 164 valence electrons. The molecule has 1 aliphatic rings. The quantitative estimate of drug-likeness (QED) is 0.536.